The highest BCUT2D eigenvalue weighted by Gasteiger charge is 2.29. The van der Waals surface area contributed by atoms with E-state index in [1.807, 2.05) is 36.4 Å². The van der Waals surface area contributed by atoms with Crippen molar-refractivity contribution in [1.29, 1.82) is 0 Å². The number of alkyl halides is 1. The van der Waals surface area contributed by atoms with Crippen LogP contribution in [0, 0.1) is 0 Å². The average Bonchev–Trinajstić information content (AvgIpc) is 2.98. The number of piperidine rings is 1. The van der Waals surface area contributed by atoms with Crippen LogP contribution < -0.4 is 10.6 Å². The van der Waals surface area contributed by atoms with Crippen molar-refractivity contribution in [3.8, 4) is 0 Å². The van der Waals surface area contributed by atoms with Crippen LogP contribution in [-0.2, 0) is 6.54 Å². The summed E-state index contributed by atoms with van der Waals surface area (Å²) in [6.45, 7) is 1.63. The zero-order chi connectivity index (χ0) is 17.4. The summed E-state index contributed by atoms with van der Waals surface area (Å²) >= 11 is 5.93. The second-order valence-electron chi connectivity index (χ2n) is 6.37. The van der Waals surface area contributed by atoms with E-state index in [1.54, 1.807) is 6.20 Å². The number of aromatic nitrogens is 3. The molecule has 2 atom stereocenters. The molecule has 26 heavy (non-hydrogen) atoms. The van der Waals surface area contributed by atoms with Crippen LogP contribution in [0.15, 0.2) is 42.6 Å². The summed E-state index contributed by atoms with van der Waals surface area (Å²) < 4.78 is 15.9. The smallest absolute Gasteiger partial charge is 0.206 e. The number of imidazole rings is 1. The van der Waals surface area contributed by atoms with Gasteiger partial charge < -0.3 is 15.2 Å². The number of fused-ring (bicyclic) bond motifs is 1. The molecule has 1 fully saturated rings. The minimum absolute atomic E-state index is 0. The van der Waals surface area contributed by atoms with Crippen molar-refractivity contribution >= 4 is 41.0 Å². The van der Waals surface area contributed by atoms with Crippen molar-refractivity contribution in [2.45, 2.75) is 25.2 Å². The lowest BCUT2D eigenvalue weighted by Crippen LogP contribution is -2.50. The molecule has 0 amide bonds. The van der Waals surface area contributed by atoms with Crippen LogP contribution in [-0.4, -0.2) is 39.8 Å². The van der Waals surface area contributed by atoms with Gasteiger partial charge in [0.1, 0.15) is 6.17 Å². The Morgan fingerprint density at radius 1 is 1.23 bits per heavy atom. The molecule has 1 aromatic carbocycles. The van der Waals surface area contributed by atoms with Crippen LogP contribution >= 0.6 is 24.0 Å². The lowest BCUT2D eigenvalue weighted by atomic mass is 10.1. The summed E-state index contributed by atoms with van der Waals surface area (Å²) in [5, 5.41) is 0.607. The van der Waals surface area contributed by atoms with Crippen molar-refractivity contribution in [1.82, 2.24) is 14.5 Å². The van der Waals surface area contributed by atoms with Gasteiger partial charge in [-0.3, -0.25) is 4.98 Å². The Bertz CT molecular complexity index is 883. The summed E-state index contributed by atoms with van der Waals surface area (Å²) in [6.07, 6.45) is 1.11. The lowest BCUT2D eigenvalue weighted by molar-refractivity contribution is 0.243. The minimum Gasteiger partial charge on any atom is -0.340 e. The van der Waals surface area contributed by atoms with Gasteiger partial charge in [-0.05, 0) is 30.7 Å². The van der Waals surface area contributed by atoms with Crippen molar-refractivity contribution in [3.05, 3.63) is 53.3 Å². The molecule has 2 aromatic heterocycles. The van der Waals surface area contributed by atoms with E-state index >= 15 is 0 Å². The third-order valence-corrected chi connectivity index (χ3v) is 4.82. The largest absolute Gasteiger partial charge is 0.340 e. The molecule has 5 nitrogen and oxygen atoms in total. The third kappa shape index (κ3) is 3.63. The molecule has 0 bridgehead atoms. The van der Waals surface area contributed by atoms with E-state index in [0.717, 1.165) is 22.7 Å². The van der Waals surface area contributed by atoms with Crippen LogP contribution in [0.1, 0.15) is 12.1 Å². The number of benzene rings is 1. The zero-order valence-corrected chi connectivity index (χ0v) is 15.6. The van der Waals surface area contributed by atoms with E-state index in [-0.39, 0.29) is 12.4 Å². The van der Waals surface area contributed by atoms with E-state index in [9.17, 15) is 4.39 Å². The van der Waals surface area contributed by atoms with Gasteiger partial charge in [0.15, 0.2) is 0 Å². The lowest BCUT2D eigenvalue weighted by Gasteiger charge is -2.34. The van der Waals surface area contributed by atoms with Crippen LogP contribution in [0.25, 0.3) is 11.0 Å². The molecule has 2 N–H and O–H groups in total. The quantitative estimate of drug-likeness (QED) is 0.737. The van der Waals surface area contributed by atoms with Gasteiger partial charge in [0.2, 0.25) is 5.95 Å². The Balaban J connectivity index is 0.00000196. The highest BCUT2D eigenvalue weighted by atomic mass is 35.5. The molecule has 3 aromatic rings. The Labute approximate surface area is 162 Å². The van der Waals surface area contributed by atoms with Gasteiger partial charge in [-0.25, -0.2) is 9.37 Å². The second kappa shape index (κ2) is 7.78. The van der Waals surface area contributed by atoms with Gasteiger partial charge >= 0.3 is 0 Å². The third-order valence-electron chi connectivity index (χ3n) is 4.60. The Morgan fingerprint density at radius 3 is 2.77 bits per heavy atom. The van der Waals surface area contributed by atoms with Crippen LogP contribution in [0.2, 0.25) is 5.02 Å². The van der Waals surface area contributed by atoms with Gasteiger partial charge in [-0.1, -0.05) is 23.7 Å². The molecule has 0 radical (unpaired) electrons. The maximum atomic E-state index is 13.8. The molecular weight excluding hydrogens is 376 g/mol. The number of hydrogen-bond donors (Lipinski definition) is 1. The first-order valence-corrected chi connectivity index (χ1v) is 8.70. The average molecular weight is 396 g/mol. The highest BCUT2D eigenvalue weighted by molar-refractivity contribution is 6.30. The summed E-state index contributed by atoms with van der Waals surface area (Å²) in [7, 11) is 0. The van der Waals surface area contributed by atoms with Crippen LogP contribution in [0.3, 0.4) is 0 Å². The first kappa shape index (κ1) is 18.9. The number of rotatable bonds is 3. The first-order valence-electron chi connectivity index (χ1n) is 8.32. The predicted octanol–water partition coefficient (Wildman–Crippen LogP) is 3.43. The van der Waals surface area contributed by atoms with Gasteiger partial charge in [0.25, 0.3) is 0 Å². The zero-order valence-electron chi connectivity index (χ0n) is 14.1. The molecule has 0 spiro atoms. The summed E-state index contributed by atoms with van der Waals surface area (Å²) in [5.41, 5.74) is 8.75. The molecule has 0 aliphatic carbocycles. The number of nitrogens with two attached hydrogens (primary N) is 1. The van der Waals surface area contributed by atoms with Crippen molar-refractivity contribution in [2.75, 3.05) is 18.0 Å². The Morgan fingerprint density at radius 2 is 2.04 bits per heavy atom. The fourth-order valence-electron chi connectivity index (χ4n) is 3.26. The number of para-hydroxylation sites is 2. The van der Waals surface area contributed by atoms with Crippen LogP contribution in [0.5, 0.6) is 0 Å². The van der Waals surface area contributed by atoms with Gasteiger partial charge in [0.05, 0.1) is 34.3 Å². The number of anilines is 1. The summed E-state index contributed by atoms with van der Waals surface area (Å²) in [6, 6.07) is 11.2. The maximum Gasteiger partial charge on any atom is 0.206 e. The number of halogens is 3. The Kier molecular flexibility index (Phi) is 5.65. The standard InChI is InChI=1S/C18H19ClFN5.ClH/c19-12-5-6-13(22-9-12)10-25-17-4-2-1-3-16(17)23-18(25)24-8-7-14(20)15(21)11-24;/h1-6,9,14-15H,7-8,10-11,21H2;1H/t14-,15+;/m0./s1. The summed E-state index contributed by atoms with van der Waals surface area (Å²) in [4.78, 5) is 11.2. The molecule has 3 heterocycles. The molecule has 0 unspecified atom stereocenters. The van der Waals surface area contributed by atoms with Crippen molar-refractivity contribution in [2.24, 2.45) is 5.73 Å². The van der Waals surface area contributed by atoms with E-state index in [1.165, 1.54) is 0 Å². The van der Waals surface area contributed by atoms with Gasteiger partial charge in [0, 0.05) is 19.3 Å². The molecule has 1 saturated heterocycles. The van der Waals surface area contributed by atoms with Gasteiger partial charge in [-0.2, -0.15) is 0 Å². The van der Waals surface area contributed by atoms with E-state index in [2.05, 4.69) is 14.5 Å². The summed E-state index contributed by atoms with van der Waals surface area (Å²) in [5.74, 6) is 0.806. The van der Waals surface area contributed by atoms with E-state index in [0.29, 0.717) is 31.1 Å². The molecular formula is C18H20Cl2FN5. The van der Waals surface area contributed by atoms with E-state index < -0.39 is 12.2 Å². The number of hydrogen-bond acceptors (Lipinski definition) is 4. The maximum absolute atomic E-state index is 13.8. The van der Waals surface area contributed by atoms with E-state index in [4.69, 9.17) is 22.3 Å². The first-order chi connectivity index (χ1) is 12.1. The minimum atomic E-state index is -0.952. The second-order valence-corrected chi connectivity index (χ2v) is 6.81. The number of pyridine rings is 1. The normalized spacial score (nSPS) is 20.2. The molecule has 1 aliphatic rings. The molecule has 1 aliphatic heterocycles. The molecule has 8 heteroatoms. The van der Waals surface area contributed by atoms with Crippen LogP contribution in [0.4, 0.5) is 10.3 Å². The van der Waals surface area contributed by atoms with Crippen molar-refractivity contribution in [3.63, 3.8) is 0 Å². The van der Waals surface area contributed by atoms with Crippen molar-refractivity contribution < 1.29 is 4.39 Å². The van der Waals surface area contributed by atoms with Gasteiger partial charge in [-0.15, -0.1) is 12.4 Å². The molecule has 138 valence electrons. The fraction of sp³-hybridized carbons (Fsp3) is 0.333. The Hall–Kier alpha value is -1.89. The predicted molar refractivity (Wildman–Crippen MR) is 105 cm³/mol. The topological polar surface area (TPSA) is 60.0 Å². The SMILES string of the molecule is Cl.N[C@@H]1CN(c2nc3ccccc3n2Cc2ccc(Cl)cn2)CC[C@@H]1F. The molecule has 4 rings (SSSR count). The fourth-order valence-corrected chi connectivity index (χ4v) is 3.37. The number of nitrogens with zero attached hydrogens (tertiary/aromatic N) is 4. The monoisotopic (exact) mass is 395 g/mol. The highest BCUT2D eigenvalue weighted by Crippen LogP contribution is 2.26. The molecule has 0 saturated carbocycles.